The van der Waals surface area contributed by atoms with Crippen molar-refractivity contribution in [3.05, 3.63) is 104 Å². The van der Waals surface area contributed by atoms with E-state index in [1.165, 1.54) is 42.5 Å². The SMILES string of the molecule is O=C(OCc1ccccc1[N+](=O)[O-])c1ccccc1S(=O)(=O)c1ccc([N+](=O)[O-])cc1. The van der Waals surface area contributed by atoms with Gasteiger partial charge in [0.25, 0.3) is 11.4 Å². The van der Waals surface area contributed by atoms with Gasteiger partial charge in [-0.05, 0) is 30.3 Å². The monoisotopic (exact) mass is 442 g/mol. The van der Waals surface area contributed by atoms with Crippen molar-refractivity contribution in [1.82, 2.24) is 0 Å². The highest BCUT2D eigenvalue weighted by atomic mass is 32.2. The van der Waals surface area contributed by atoms with E-state index in [0.29, 0.717) is 0 Å². The Bertz CT molecular complexity index is 1270. The van der Waals surface area contributed by atoms with Crippen LogP contribution in [-0.2, 0) is 21.2 Å². The van der Waals surface area contributed by atoms with E-state index in [4.69, 9.17) is 4.74 Å². The number of sulfone groups is 1. The predicted molar refractivity (Wildman–Crippen MR) is 107 cm³/mol. The summed E-state index contributed by atoms with van der Waals surface area (Å²) in [7, 11) is -4.19. The molecule has 0 unspecified atom stereocenters. The number of nitro groups is 2. The highest BCUT2D eigenvalue weighted by Gasteiger charge is 2.26. The van der Waals surface area contributed by atoms with Crippen molar-refractivity contribution in [1.29, 1.82) is 0 Å². The number of hydrogen-bond donors (Lipinski definition) is 0. The molecule has 0 fully saturated rings. The first-order chi connectivity index (χ1) is 14.7. The van der Waals surface area contributed by atoms with Gasteiger partial charge in [-0.1, -0.05) is 24.3 Å². The third kappa shape index (κ3) is 4.56. The van der Waals surface area contributed by atoms with Crippen molar-refractivity contribution in [3.8, 4) is 0 Å². The fourth-order valence-corrected chi connectivity index (χ4v) is 4.22. The summed E-state index contributed by atoms with van der Waals surface area (Å²) in [6.07, 6.45) is 0. The van der Waals surface area contributed by atoms with Gasteiger partial charge >= 0.3 is 5.97 Å². The fourth-order valence-electron chi connectivity index (χ4n) is 2.78. The number of carbonyl (C=O) groups excluding carboxylic acids is 1. The largest absolute Gasteiger partial charge is 0.457 e. The van der Waals surface area contributed by atoms with Gasteiger partial charge in [0.15, 0.2) is 0 Å². The summed E-state index contributed by atoms with van der Waals surface area (Å²) in [4.78, 5) is 32.6. The normalized spacial score (nSPS) is 11.0. The number of nitrogens with zero attached hydrogens (tertiary/aromatic N) is 2. The zero-order valence-corrected chi connectivity index (χ0v) is 16.5. The summed E-state index contributed by atoms with van der Waals surface area (Å²) < 4.78 is 31.1. The molecule has 0 aromatic heterocycles. The maximum Gasteiger partial charge on any atom is 0.339 e. The lowest BCUT2D eigenvalue weighted by Crippen LogP contribution is -2.13. The molecular formula is C20H14N2O8S. The number of carbonyl (C=O) groups is 1. The van der Waals surface area contributed by atoms with Crippen molar-refractivity contribution in [3.63, 3.8) is 0 Å². The molecule has 0 saturated carbocycles. The molecule has 0 radical (unpaired) electrons. The Hall–Kier alpha value is -4.12. The molecule has 11 heteroatoms. The first-order valence-electron chi connectivity index (χ1n) is 8.70. The van der Waals surface area contributed by atoms with Crippen LogP contribution in [-0.4, -0.2) is 24.2 Å². The molecule has 3 rings (SSSR count). The van der Waals surface area contributed by atoms with E-state index in [1.54, 1.807) is 6.07 Å². The maximum absolute atomic E-state index is 13.0. The minimum atomic E-state index is -4.19. The zero-order valence-electron chi connectivity index (χ0n) is 15.7. The van der Waals surface area contributed by atoms with Crippen molar-refractivity contribution in [2.75, 3.05) is 0 Å². The van der Waals surface area contributed by atoms with Crippen LogP contribution in [0.25, 0.3) is 0 Å². The average molecular weight is 442 g/mol. The molecule has 0 aliphatic heterocycles. The van der Waals surface area contributed by atoms with Crippen LogP contribution < -0.4 is 0 Å². The molecule has 3 aromatic rings. The van der Waals surface area contributed by atoms with Gasteiger partial charge in [0.1, 0.15) is 6.61 Å². The van der Waals surface area contributed by atoms with E-state index in [0.717, 1.165) is 24.3 Å². The predicted octanol–water partition coefficient (Wildman–Crippen LogP) is 3.69. The van der Waals surface area contributed by atoms with Gasteiger partial charge in [0, 0.05) is 18.2 Å². The fraction of sp³-hybridized carbons (Fsp3) is 0.0500. The lowest BCUT2D eigenvalue weighted by atomic mass is 10.2. The van der Waals surface area contributed by atoms with Crippen molar-refractivity contribution in [2.45, 2.75) is 16.4 Å². The number of rotatable bonds is 7. The van der Waals surface area contributed by atoms with Gasteiger partial charge in [-0.25, -0.2) is 13.2 Å². The second-order valence-corrected chi connectivity index (χ2v) is 8.13. The standard InChI is InChI=1S/C20H14N2O8S/c23-20(30-13-14-5-1-3-7-18(14)22(26)27)17-6-2-4-8-19(17)31(28,29)16-11-9-15(10-12-16)21(24)25/h1-12H,13H2. The maximum atomic E-state index is 13.0. The molecule has 0 heterocycles. The minimum absolute atomic E-state index is 0.150. The second kappa shape index (κ2) is 8.71. The summed E-state index contributed by atoms with van der Waals surface area (Å²) in [6.45, 7) is -0.429. The molecule has 0 spiro atoms. The van der Waals surface area contributed by atoms with E-state index in [1.807, 2.05) is 0 Å². The van der Waals surface area contributed by atoms with Gasteiger partial charge in [-0.3, -0.25) is 20.2 Å². The van der Waals surface area contributed by atoms with E-state index in [2.05, 4.69) is 0 Å². The summed E-state index contributed by atoms with van der Waals surface area (Å²) in [5, 5.41) is 21.9. The Morgan fingerprint density at radius 3 is 2.10 bits per heavy atom. The van der Waals surface area contributed by atoms with Crippen LogP contribution in [0.5, 0.6) is 0 Å². The molecule has 10 nitrogen and oxygen atoms in total. The van der Waals surface area contributed by atoms with E-state index < -0.39 is 32.3 Å². The van der Waals surface area contributed by atoms with Crippen molar-refractivity contribution >= 4 is 27.2 Å². The van der Waals surface area contributed by atoms with E-state index >= 15 is 0 Å². The van der Waals surface area contributed by atoms with Crippen molar-refractivity contribution in [2.24, 2.45) is 0 Å². The molecular weight excluding hydrogens is 428 g/mol. The molecule has 31 heavy (non-hydrogen) atoms. The number of nitro benzene ring substituents is 2. The van der Waals surface area contributed by atoms with Crippen LogP contribution in [0, 0.1) is 20.2 Å². The number of para-hydroxylation sites is 1. The topological polar surface area (TPSA) is 147 Å². The smallest absolute Gasteiger partial charge is 0.339 e. The molecule has 0 aliphatic rings. The molecule has 0 N–H and O–H groups in total. The van der Waals surface area contributed by atoms with Crippen LogP contribution in [0.4, 0.5) is 11.4 Å². The van der Waals surface area contributed by atoms with Gasteiger partial charge in [-0.15, -0.1) is 0 Å². The number of benzene rings is 3. The third-order valence-electron chi connectivity index (χ3n) is 4.30. The van der Waals surface area contributed by atoms with Crippen LogP contribution in [0.3, 0.4) is 0 Å². The highest BCUT2D eigenvalue weighted by molar-refractivity contribution is 7.91. The Morgan fingerprint density at radius 1 is 0.839 bits per heavy atom. The summed E-state index contributed by atoms with van der Waals surface area (Å²) >= 11 is 0. The van der Waals surface area contributed by atoms with E-state index in [9.17, 15) is 33.4 Å². The Balaban J connectivity index is 1.90. The second-order valence-electron chi connectivity index (χ2n) is 6.21. The van der Waals surface area contributed by atoms with Crippen molar-refractivity contribution < 1.29 is 27.8 Å². The Labute approximate surface area is 175 Å². The molecule has 0 atom stereocenters. The van der Waals surface area contributed by atoms with Crippen LogP contribution >= 0.6 is 0 Å². The number of hydrogen-bond acceptors (Lipinski definition) is 8. The van der Waals surface area contributed by atoms with Gasteiger partial charge in [0.2, 0.25) is 9.84 Å². The summed E-state index contributed by atoms with van der Waals surface area (Å²) in [6, 6.07) is 15.2. The van der Waals surface area contributed by atoms with Gasteiger partial charge < -0.3 is 4.74 Å². The third-order valence-corrected chi connectivity index (χ3v) is 6.13. The lowest BCUT2D eigenvalue weighted by Gasteiger charge is -2.11. The van der Waals surface area contributed by atoms with Gasteiger partial charge in [0.05, 0.1) is 30.8 Å². The van der Waals surface area contributed by atoms with Crippen LogP contribution in [0.15, 0.2) is 82.6 Å². The molecule has 0 saturated heterocycles. The molecule has 158 valence electrons. The minimum Gasteiger partial charge on any atom is -0.457 e. The quantitative estimate of drug-likeness (QED) is 0.306. The molecule has 0 aliphatic carbocycles. The number of esters is 1. The number of ether oxygens (including phenoxy) is 1. The number of non-ortho nitro benzene ring substituents is 1. The summed E-state index contributed by atoms with van der Waals surface area (Å²) in [5.74, 6) is -0.987. The molecule has 0 amide bonds. The molecule has 0 bridgehead atoms. The first-order valence-corrected chi connectivity index (χ1v) is 10.2. The Morgan fingerprint density at radius 2 is 1.45 bits per heavy atom. The van der Waals surface area contributed by atoms with Crippen LogP contribution in [0.2, 0.25) is 0 Å². The highest BCUT2D eigenvalue weighted by Crippen LogP contribution is 2.27. The van der Waals surface area contributed by atoms with E-state index in [-0.39, 0.29) is 32.3 Å². The Kier molecular flexibility index (Phi) is 6.07. The van der Waals surface area contributed by atoms with Crippen LogP contribution in [0.1, 0.15) is 15.9 Å². The summed E-state index contributed by atoms with van der Waals surface area (Å²) in [5.41, 5.74) is -0.630. The molecule has 3 aromatic carbocycles. The zero-order chi connectivity index (χ0) is 22.6. The first kappa shape index (κ1) is 21.6. The average Bonchev–Trinajstić information content (AvgIpc) is 2.77. The van der Waals surface area contributed by atoms with Gasteiger partial charge in [-0.2, -0.15) is 0 Å². The lowest BCUT2D eigenvalue weighted by molar-refractivity contribution is -0.385.